The molecule has 17 heavy (non-hydrogen) atoms. The van der Waals surface area contributed by atoms with E-state index < -0.39 is 0 Å². The molecule has 1 amide bonds. The quantitative estimate of drug-likeness (QED) is 0.816. The van der Waals surface area contributed by atoms with Crippen molar-refractivity contribution in [2.45, 2.75) is 6.04 Å². The van der Waals surface area contributed by atoms with Gasteiger partial charge in [0.2, 0.25) is 0 Å². The first-order valence-electron chi connectivity index (χ1n) is 5.47. The van der Waals surface area contributed by atoms with E-state index in [2.05, 4.69) is 22.6 Å². The van der Waals surface area contributed by atoms with Crippen LogP contribution in [0.3, 0.4) is 0 Å². The molecule has 1 unspecified atom stereocenters. The third-order valence-electron chi connectivity index (χ3n) is 2.79. The van der Waals surface area contributed by atoms with Crippen LogP contribution in [0.5, 0.6) is 0 Å². The molecule has 1 aromatic carbocycles. The molecule has 1 fully saturated rings. The summed E-state index contributed by atoms with van der Waals surface area (Å²) < 4.78 is 6.35. The van der Waals surface area contributed by atoms with Gasteiger partial charge in [0, 0.05) is 15.7 Å². The second kappa shape index (κ2) is 5.79. The maximum absolute atomic E-state index is 12.2. The predicted octanol–water partition coefficient (Wildman–Crippen LogP) is 1.12. The maximum atomic E-state index is 12.2. The standard InChI is InChI=1S/C12H14INO3/c13-10-3-1-9(2-4-10)12(16)14-5-6-17-8-11(14)7-15/h1-4,11,15H,5-8H2. The van der Waals surface area contributed by atoms with Crippen molar-refractivity contribution in [3.8, 4) is 0 Å². The number of aliphatic hydroxyl groups excluding tert-OH is 1. The van der Waals surface area contributed by atoms with Gasteiger partial charge < -0.3 is 14.7 Å². The first-order chi connectivity index (χ1) is 8.22. The van der Waals surface area contributed by atoms with Crippen molar-refractivity contribution in [2.24, 2.45) is 0 Å². The number of ether oxygens (including phenoxy) is 1. The summed E-state index contributed by atoms with van der Waals surface area (Å²) in [5, 5.41) is 9.23. The molecule has 5 heteroatoms. The lowest BCUT2D eigenvalue weighted by Crippen LogP contribution is -2.50. The second-order valence-corrected chi connectivity index (χ2v) is 5.16. The highest BCUT2D eigenvalue weighted by molar-refractivity contribution is 14.1. The van der Waals surface area contributed by atoms with Gasteiger partial charge in [0.25, 0.3) is 5.91 Å². The molecule has 4 nitrogen and oxygen atoms in total. The number of aliphatic hydroxyl groups is 1. The Balaban J connectivity index is 2.15. The Morgan fingerprint density at radius 1 is 1.47 bits per heavy atom. The van der Waals surface area contributed by atoms with Crippen LogP contribution in [-0.2, 0) is 4.74 Å². The smallest absolute Gasteiger partial charge is 0.254 e. The predicted molar refractivity (Wildman–Crippen MR) is 71.9 cm³/mol. The minimum Gasteiger partial charge on any atom is -0.394 e. The summed E-state index contributed by atoms with van der Waals surface area (Å²) in [5.41, 5.74) is 0.658. The van der Waals surface area contributed by atoms with E-state index in [-0.39, 0.29) is 18.6 Å². The molecule has 0 aromatic heterocycles. The lowest BCUT2D eigenvalue weighted by atomic mass is 10.1. The van der Waals surface area contributed by atoms with Crippen molar-refractivity contribution in [2.75, 3.05) is 26.4 Å². The van der Waals surface area contributed by atoms with E-state index in [0.717, 1.165) is 3.57 Å². The molecule has 1 aromatic rings. The first-order valence-corrected chi connectivity index (χ1v) is 6.55. The molecule has 1 aliphatic rings. The fourth-order valence-electron chi connectivity index (χ4n) is 1.83. The van der Waals surface area contributed by atoms with Gasteiger partial charge in [-0.25, -0.2) is 0 Å². The number of nitrogens with zero attached hydrogens (tertiary/aromatic N) is 1. The number of carbonyl (C=O) groups excluding carboxylic acids is 1. The molecule has 1 heterocycles. The van der Waals surface area contributed by atoms with Crippen LogP contribution in [0.2, 0.25) is 0 Å². The number of carbonyl (C=O) groups is 1. The molecule has 0 spiro atoms. The third kappa shape index (κ3) is 2.97. The van der Waals surface area contributed by atoms with Gasteiger partial charge >= 0.3 is 0 Å². The molecule has 2 rings (SSSR count). The summed E-state index contributed by atoms with van der Waals surface area (Å²) in [7, 11) is 0. The number of hydrogen-bond donors (Lipinski definition) is 1. The van der Waals surface area contributed by atoms with Crippen LogP contribution in [0.25, 0.3) is 0 Å². The Morgan fingerprint density at radius 3 is 2.82 bits per heavy atom. The number of morpholine rings is 1. The lowest BCUT2D eigenvalue weighted by molar-refractivity contribution is -0.0183. The van der Waals surface area contributed by atoms with E-state index in [1.807, 2.05) is 24.3 Å². The average Bonchev–Trinajstić information content (AvgIpc) is 2.39. The zero-order chi connectivity index (χ0) is 12.3. The first kappa shape index (κ1) is 12.8. The molecule has 1 atom stereocenters. The van der Waals surface area contributed by atoms with Crippen molar-refractivity contribution in [3.63, 3.8) is 0 Å². The minimum absolute atomic E-state index is 0.0382. The van der Waals surface area contributed by atoms with E-state index in [0.29, 0.717) is 25.3 Å². The zero-order valence-corrected chi connectivity index (χ0v) is 11.5. The molecular weight excluding hydrogens is 333 g/mol. The molecule has 1 N–H and O–H groups in total. The maximum Gasteiger partial charge on any atom is 0.254 e. The number of halogens is 1. The Kier molecular flexibility index (Phi) is 4.36. The van der Waals surface area contributed by atoms with Crippen LogP contribution in [-0.4, -0.2) is 48.3 Å². The van der Waals surface area contributed by atoms with Crippen molar-refractivity contribution < 1.29 is 14.6 Å². The second-order valence-electron chi connectivity index (χ2n) is 3.92. The van der Waals surface area contributed by atoms with Crippen molar-refractivity contribution in [3.05, 3.63) is 33.4 Å². The van der Waals surface area contributed by atoms with Gasteiger partial charge in [0.15, 0.2) is 0 Å². The van der Waals surface area contributed by atoms with Gasteiger partial charge in [-0.15, -0.1) is 0 Å². The molecule has 0 aliphatic carbocycles. The van der Waals surface area contributed by atoms with Gasteiger partial charge in [0.1, 0.15) is 0 Å². The van der Waals surface area contributed by atoms with Crippen LogP contribution in [0.4, 0.5) is 0 Å². The van der Waals surface area contributed by atoms with Crippen LogP contribution in [0, 0.1) is 3.57 Å². The van der Waals surface area contributed by atoms with Gasteiger partial charge in [-0.05, 0) is 46.9 Å². The van der Waals surface area contributed by atoms with Crippen LogP contribution >= 0.6 is 22.6 Å². The summed E-state index contributed by atoms with van der Waals surface area (Å²) >= 11 is 2.20. The summed E-state index contributed by atoms with van der Waals surface area (Å²) in [6.45, 7) is 1.42. The molecular formula is C12H14INO3. The number of rotatable bonds is 2. The van der Waals surface area contributed by atoms with Crippen LogP contribution < -0.4 is 0 Å². The average molecular weight is 347 g/mol. The molecule has 1 saturated heterocycles. The Morgan fingerprint density at radius 2 is 2.18 bits per heavy atom. The highest BCUT2D eigenvalue weighted by atomic mass is 127. The molecule has 0 bridgehead atoms. The summed E-state index contributed by atoms with van der Waals surface area (Å²) in [5.74, 6) is -0.0382. The molecule has 92 valence electrons. The monoisotopic (exact) mass is 347 g/mol. The topological polar surface area (TPSA) is 49.8 Å². The number of benzene rings is 1. The third-order valence-corrected chi connectivity index (χ3v) is 3.51. The summed E-state index contributed by atoms with van der Waals surface area (Å²) in [4.78, 5) is 13.9. The van der Waals surface area contributed by atoms with Crippen molar-refractivity contribution in [1.82, 2.24) is 4.90 Å². The highest BCUT2D eigenvalue weighted by Gasteiger charge is 2.27. The Hall–Kier alpha value is -0.660. The fraction of sp³-hybridized carbons (Fsp3) is 0.417. The van der Waals surface area contributed by atoms with Gasteiger partial charge in [-0.3, -0.25) is 4.79 Å². The van der Waals surface area contributed by atoms with Crippen LogP contribution in [0.15, 0.2) is 24.3 Å². The number of hydrogen-bond acceptors (Lipinski definition) is 3. The summed E-state index contributed by atoms with van der Waals surface area (Å²) in [6, 6.07) is 7.21. The SMILES string of the molecule is O=C(c1ccc(I)cc1)N1CCOCC1CO. The largest absolute Gasteiger partial charge is 0.394 e. The fourth-order valence-corrected chi connectivity index (χ4v) is 2.19. The van der Waals surface area contributed by atoms with E-state index in [4.69, 9.17) is 4.74 Å². The number of amides is 1. The normalized spacial score (nSPS) is 20.4. The highest BCUT2D eigenvalue weighted by Crippen LogP contribution is 2.14. The van der Waals surface area contributed by atoms with E-state index in [1.165, 1.54) is 0 Å². The lowest BCUT2D eigenvalue weighted by Gasteiger charge is -2.34. The van der Waals surface area contributed by atoms with Crippen molar-refractivity contribution in [1.29, 1.82) is 0 Å². The van der Waals surface area contributed by atoms with Crippen molar-refractivity contribution >= 4 is 28.5 Å². The Bertz CT molecular complexity index is 393. The Labute approximate surface area is 114 Å². The van der Waals surface area contributed by atoms with E-state index in [1.54, 1.807) is 4.90 Å². The molecule has 0 radical (unpaired) electrons. The molecule has 1 aliphatic heterocycles. The zero-order valence-electron chi connectivity index (χ0n) is 9.30. The van der Waals surface area contributed by atoms with Gasteiger partial charge in [0.05, 0.1) is 25.9 Å². The van der Waals surface area contributed by atoms with E-state index in [9.17, 15) is 9.90 Å². The van der Waals surface area contributed by atoms with Crippen LogP contribution in [0.1, 0.15) is 10.4 Å². The van der Waals surface area contributed by atoms with Gasteiger partial charge in [-0.1, -0.05) is 0 Å². The van der Waals surface area contributed by atoms with E-state index >= 15 is 0 Å². The summed E-state index contributed by atoms with van der Waals surface area (Å²) in [6.07, 6.45) is 0. The van der Waals surface area contributed by atoms with Gasteiger partial charge in [-0.2, -0.15) is 0 Å². The minimum atomic E-state index is -0.226. The molecule has 0 saturated carbocycles.